The zero-order valence-corrected chi connectivity index (χ0v) is 16.2. The largest absolute Gasteiger partial charge is 0.461 e. The van der Waals surface area contributed by atoms with E-state index in [1.54, 1.807) is 0 Å². The number of esters is 2. The van der Waals surface area contributed by atoms with E-state index >= 15 is 0 Å². The Labute approximate surface area is 165 Å². The number of hydrogen-bond donors (Lipinski definition) is 3. The molecule has 0 spiro atoms. The highest BCUT2D eigenvalue weighted by molar-refractivity contribution is 5.77. The molecule has 7 heteroatoms. The van der Waals surface area contributed by atoms with E-state index in [0.29, 0.717) is 0 Å². The molecule has 0 amide bonds. The van der Waals surface area contributed by atoms with Gasteiger partial charge in [0.2, 0.25) is 0 Å². The van der Waals surface area contributed by atoms with Gasteiger partial charge in [-0.1, -0.05) is 24.3 Å². The van der Waals surface area contributed by atoms with E-state index in [2.05, 4.69) is 10.6 Å². The van der Waals surface area contributed by atoms with Crippen molar-refractivity contribution in [1.82, 2.24) is 0 Å². The minimum Gasteiger partial charge on any atom is -0.461 e. The third kappa shape index (κ3) is 6.92. The second-order valence-electron chi connectivity index (χ2n) is 6.31. The van der Waals surface area contributed by atoms with Gasteiger partial charge in [-0.15, -0.1) is 0 Å². The molecule has 1 atom stereocenters. The molecule has 0 radical (unpaired) electrons. The summed E-state index contributed by atoms with van der Waals surface area (Å²) >= 11 is 0. The van der Waals surface area contributed by atoms with Crippen LogP contribution >= 0.6 is 0 Å². The lowest BCUT2D eigenvalue weighted by atomic mass is 10.1. The first-order valence-corrected chi connectivity index (χ1v) is 9.13. The number of nitrogens with two attached hydrogens (primary N) is 1. The average molecular weight is 385 g/mol. The van der Waals surface area contributed by atoms with Crippen molar-refractivity contribution < 1.29 is 19.1 Å². The molecule has 7 nitrogen and oxygen atoms in total. The highest BCUT2D eigenvalue weighted by Gasteiger charge is 2.17. The molecule has 2 aromatic rings. The fraction of sp³-hybridized carbons (Fsp3) is 0.333. The first-order valence-electron chi connectivity index (χ1n) is 9.13. The summed E-state index contributed by atoms with van der Waals surface area (Å²) in [5, 5.41) is 6.04. The maximum Gasteiger partial charge on any atom is 0.323 e. The van der Waals surface area contributed by atoms with E-state index in [1.807, 2.05) is 62.6 Å². The molecular formula is C21H27N3O4. The van der Waals surface area contributed by atoms with Gasteiger partial charge in [-0.2, -0.15) is 0 Å². The average Bonchev–Trinajstić information content (AvgIpc) is 2.74. The minimum absolute atomic E-state index is 0.0573. The molecule has 0 aliphatic carbocycles. The number of carbonyl (C=O) groups is 2. The number of ether oxygens (including phenoxy) is 2. The Kier molecular flexibility index (Phi) is 8.30. The van der Waals surface area contributed by atoms with Gasteiger partial charge in [-0.3, -0.25) is 9.59 Å². The van der Waals surface area contributed by atoms with Crippen LogP contribution in [0, 0.1) is 0 Å². The Hall–Kier alpha value is -3.06. The van der Waals surface area contributed by atoms with Crippen LogP contribution in [0.1, 0.15) is 24.0 Å². The summed E-state index contributed by atoms with van der Waals surface area (Å²) in [7, 11) is 3.67. The van der Waals surface area contributed by atoms with Gasteiger partial charge in [0.15, 0.2) is 0 Å². The number of anilines is 2. The molecule has 150 valence electrons. The summed E-state index contributed by atoms with van der Waals surface area (Å²) in [6.45, 7) is 0.328. The Balaban J connectivity index is 1.67. The van der Waals surface area contributed by atoms with Gasteiger partial charge in [0.25, 0.3) is 0 Å². The predicted molar refractivity (Wildman–Crippen MR) is 109 cm³/mol. The second kappa shape index (κ2) is 10.9. The van der Waals surface area contributed by atoms with E-state index in [-0.39, 0.29) is 26.1 Å². The standard InChI is InChI=1S/C21H27N3O4/c1-23-17-7-3-15(4-8-17)13-27-20(25)12-11-19(22)21(26)28-14-16-5-9-18(24-2)10-6-16/h3-10,19,23-24H,11-14,22H2,1-2H3/t19-/m0/s1. The van der Waals surface area contributed by atoms with Crippen molar-refractivity contribution >= 4 is 23.3 Å². The van der Waals surface area contributed by atoms with Crippen molar-refractivity contribution in [2.45, 2.75) is 32.1 Å². The highest BCUT2D eigenvalue weighted by Crippen LogP contribution is 2.11. The zero-order chi connectivity index (χ0) is 20.4. The van der Waals surface area contributed by atoms with Crippen molar-refractivity contribution in [1.29, 1.82) is 0 Å². The fourth-order valence-corrected chi connectivity index (χ4v) is 2.42. The van der Waals surface area contributed by atoms with E-state index < -0.39 is 18.0 Å². The molecule has 0 heterocycles. The molecule has 2 aromatic carbocycles. The number of nitrogens with one attached hydrogen (secondary N) is 2. The smallest absolute Gasteiger partial charge is 0.323 e. The number of carbonyl (C=O) groups excluding carboxylic acids is 2. The van der Waals surface area contributed by atoms with E-state index in [1.165, 1.54) is 0 Å². The van der Waals surface area contributed by atoms with Crippen LogP contribution in [0.5, 0.6) is 0 Å². The molecule has 0 fully saturated rings. The first kappa shape index (κ1) is 21.2. The van der Waals surface area contributed by atoms with Crippen molar-refractivity contribution in [2.24, 2.45) is 5.73 Å². The van der Waals surface area contributed by atoms with Crippen LogP contribution in [0.25, 0.3) is 0 Å². The molecule has 0 saturated carbocycles. The number of rotatable bonds is 10. The van der Waals surface area contributed by atoms with Crippen LogP contribution in [0.15, 0.2) is 48.5 Å². The van der Waals surface area contributed by atoms with Gasteiger partial charge in [0.1, 0.15) is 19.3 Å². The van der Waals surface area contributed by atoms with Gasteiger partial charge in [0.05, 0.1) is 0 Å². The molecule has 28 heavy (non-hydrogen) atoms. The van der Waals surface area contributed by atoms with E-state index in [4.69, 9.17) is 15.2 Å². The summed E-state index contributed by atoms with van der Waals surface area (Å²) < 4.78 is 10.4. The lowest BCUT2D eigenvalue weighted by molar-refractivity contribution is -0.148. The van der Waals surface area contributed by atoms with Gasteiger partial charge >= 0.3 is 11.9 Å². The third-order valence-electron chi connectivity index (χ3n) is 4.23. The maximum absolute atomic E-state index is 12.0. The Morgan fingerprint density at radius 2 is 1.32 bits per heavy atom. The van der Waals surface area contributed by atoms with Gasteiger partial charge in [-0.05, 0) is 41.8 Å². The van der Waals surface area contributed by atoms with Crippen molar-refractivity contribution in [2.75, 3.05) is 24.7 Å². The van der Waals surface area contributed by atoms with Crippen LogP contribution in [0.2, 0.25) is 0 Å². The third-order valence-corrected chi connectivity index (χ3v) is 4.23. The monoisotopic (exact) mass is 385 g/mol. The van der Waals surface area contributed by atoms with Crippen molar-refractivity contribution in [3.05, 3.63) is 59.7 Å². The van der Waals surface area contributed by atoms with Crippen LogP contribution in [-0.2, 0) is 32.3 Å². The quantitative estimate of drug-likeness (QED) is 0.540. The Bertz CT molecular complexity index is 760. The fourth-order valence-electron chi connectivity index (χ4n) is 2.42. The normalized spacial score (nSPS) is 11.4. The summed E-state index contributed by atoms with van der Waals surface area (Å²) in [6, 6.07) is 14.2. The Morgan fingerprint density at radius 1 is 0.857 bits per heavy atom. The molecule has 4 N–H and O–H groups in total. The molecule has 0 aromatic heterocycles. The Morgan fingerprint density at radius 3 is 1.79 bits per heavy atom. The predicted octanol–water partition coefficient (Wildman–Crippen LogP) is 2.66. The summed E-state index contributed by atoms with van der Waals surface area (Å²) in [5.41, 5.74) is 9.53. The van der Waals surface area contributed by atoms with Crippen LogP contribution in [0.4, 0.5) is 11.4 Å². The minimum atomic E-state index is -0.862. The van der Waals surface area contributed by atoms with Gasteiger partial charge < -0.3 is 25.8 Å². The zero-order valence-electron chi connectivity index (χ0n) is 16.2. The van der Waals surface area contributed by atoms with Crippen LogP contribution in [-0.4, -0.2) is 32.1 Å². The van der Waals surface area contributed by atoms with Crippen molar-refractivity contribution in [3.8, 4) is 0 Å². The molecule has 0 unspecified atom stereocenters. The molecule has 2 rings (SSSR count). The maximum atomic E-state index is 12.0. The second-order valence-corrected chi connectivity index (χ2v) is 6.31. The first-order chi connectivity index (χ1) is 13.5. The summed E-state index contributed by atoms with van der Waals surface area (Å²) in [4.78, 5) is 23.8. The van der Waals surface area contributed by atoms with E-state index in [0.717, 1.165) is 22.5 Å². The van der Waals surface area contributed by atoms with Crippen LogP contribution in [0.3, 0.4) is 0 Å². The number of benzene rings is 2. The van der Waals surface area contributed by atoms with Crippen LogP contribution < -0.4 is 16.4 Å². The summed E-state index contributed by atoms with van der Waals surface area (Å²) in [6.07, 6.45) is 0.233. The highest BCUT2D eigenvalue weighted by atomic mass is 16.5. The topological polar surface area (TPSA) is 103 Å². The lowest BCUT2D eigenvalue weighted by Gasteiger charge is -2.12. The van der Waals surface area contributed by atoms with Gasteiger partial charge in [-0.25, -0.2) is 0 Å². The summed E-state index contributed by atoms with van der Waals surface area (Å²) in [5.74, 6) is -0.934. The SMILES string of the molecule is CNc1ccc(COC(=O)CC[C@H](N)C(=O)OCc2ccc(NC)cc2)cc1. The molecule has 0 saturated heterocycles. The van der Waals surface area contributed by atoms with Gasteiger partial charge in [0, 0.05) is 31.9 Å². The van der Waals surface area contributed by atoms with Crippen molar-refractivity contribution in [3.63, 3.8) is 0 Å². The lowest BCUT2D eigenvalue weighted by Crippen LogP contribution is -2.32. The molecular weight excluding hydrogens is 358 g/mol. The molecule has 0 aliphatic heterocycles. The molecule has 0 aliphatic rings. The number of hydrogen-bond acceptors (Lipinski definition) is 7. The van der Waals surface area contributed by atoms with E-state index in [9.17, 15) is 9.59 Å². The molecule has 0 bridgehead atoms.